The number of aromatic nitrogens is 4. The molecule has 0 radical (unpaired) electrons. The third kappa shape index (κ3) is 2.19. The van der Waals surface area contributed by atoms with Crippen molar-refractivity contribution in [2.75, 3.05) is 0 Å². The number of H-pyrrole nitrogens is 1. The van der Waals surface area contributed by atoms with Crippen molar-refractivity contribution in [1.82, 2.24) is 20.2 Å². The first-order valence-corrected chi connectivity index (χ1v) is 5.71. The van der Waals surface area contributed by atoms with Crippen LogP contribution < -0.4 is 0 Å². The smallest absolute Gasteiger partial charge is 0.181 e. The van der Waals surface area contributed by atoms with Gasteiger partial charge in [-0.3, -0.25) is 10.1 Å². The molecule has 2 aromatic heterocycles. The SMILES string of the molecule is N#Cc1ccc(-c2nc(-c3ccccc3)n[nH]2)nc1. The minimum atomic E-state index is 0.520. The molecule has 5 heteroatoms. The molecule has 0 unspecified atom stereocenters. The summed E-state index contributed by atoms with van der Waals surface area (Å²) >= 11 is 0. The molecule has 0 spiro atoms. The van der Waals surface area contributed by atoms with Gasteiger partial charge in [0.05, 0.1) is 5.56 Å². The second kappa shape index (κ2) is 4.70. The number of nitriles is 1. The fourth-order valence-electron chi connectivity index (χ4n) is 1.69. The highest BCUT2D eigenvalue weighted by molar-refractivity contribution is 5.58. The summed E-state index contributed by atoms with van der Waals surface area (Å²) in [6.07, 6.45) is 1.51. The normalized spacial score (nSPS) is 10.1. The maximum atomic E-state index is 8.73. The average Bonchev–Trinajstić information content (AvgIpc) is 2.98. The Hall–Kier alpha value is -3.00. The van der Waals surface area contributed by atoms with Gasteiger partial charge in [0.2, 0.25) is 0 Å². The van der Waals surface area contributed by atoms with Gasteiger partial charge in [0.25, 0.3) is 0 Å². The summed E-state index contributed by atoms with van der Waals surface area (Å²) in [6.45, 7) is 0. The number of pyridine rings is 1. The number of nitrogens with one attached hydrogen (secondary N) is 1. The minimum absolute atomic E-state index is 0.520. The van der Waals surface area contributed by atoms with E-state index in [1.165, 1.54) is 6.20 Å². The maximum absolute atomic E-state index is 8.73. The largest absolute Gasteiger partial charge is 0.257 e. The molecule has 3 rings (SSSR count). The van der Waals surface area contributed by atoms with Crippen LogP contribution in [0.2, 0.25) is 0 Å². The van der Waals surface area contributed by atoms with Crippen molar-refractivity contribution >= 4 is 0 Å². The lowest BCUT2D eigenvalue weighted by Gasteiger charge is -1.94. The van der Waals surface area contributed by atoms with E-state index in [1.54, 1.807) is 12.1 Å². The minimum Gasteiger partial charge on any atom is -0.257 e. The van der Waals surface area contributed by atoms with E-state index < -0.39 is 0 Å². The zero-order chi connectivity index (χ0) is 13.1. The topological polar surface area (TPSA) is 78.2 Å². The Morgan fingerprint density at radius 1 is 1.05 bits per heavy atom. The van der Waals surface area contributed by atoms with Gasteiger partial charge in [0, 0.05) is 11.8 Å². The summed E-state index contributed by atoms with van der Waals surface area (Å²) in [5.41, 5.74) is 2.12. The number of nitrogens with zero attached hydrogens (tertiary/aromatic N) is 4. The molecule has 0 saturated heterocycles. The lowest BCUT2D eigenvalue weighted by Crippen LogP contribution is -1.86. The first-order valence-electron chi connectivity index (χ1n) is 5.71. The van der Waals surface area contributed by atoms with Gasteiger partial charge < -0.3 is 0 Å². The van der Waals surface area contributed by atoms with Crippen LogP contribution in [0.3, 0.4) is 0 Å². The molecule has 0 bridgehead atoms. The van der Waals surface area contributed by atoms with E-state index in [2.05, 4.69) is 20.2 Å². The molecular weight excluding hydrogens is 238 g/mol. The van der Waals surface area contributed by atoms with E-state index >= 15 is 0 Å². The molecule has 90 valence electrons. The van der Waals surface area contributed by atoms with Crippen LogP contribution in [-0.4, -0.2) is 20.2 Å². The lowest BCUT2D eigenvalue weighted by atomic mass is 10.2. The van der Waals surface area contributed by atoms with Crippen molar-refractivity contribution in [2.45, 2.75) is 0 Å². The molecule has 0 aliphatic rings. The van der Waals surface area contributed by atoms with Gasteiger partial charge in [0.15, 0.2) is 11.6 Å². The van der Waals surface area contributed by atoms with Crippen molar-refractivity contribution < 1.29 is 0 Å². The first kappa shape index (κ1) is 11.1. The lowest BCUT2D eigenvalue weighted by molar-refractivity contribution is 1.09. The highest BCUT2D eigenvalue weighted by Crippen LogP contribution is 2.18. The molecular formula is C14H9N5. The summed E-state index contributed by atoms with van der Waals surface area (Å²) < 4.78 is 0. The molecule has 2 heterocycles. The van der Waals surface area contributed by atoms with E-state index in [0.717, 1.165) is 5.56 Å². The summed E-state index contributed by atoms with van der Waals surface area (Å²) in [5, 5.41) is 15.7. The maximum Gasteiger partial charge on any atom is 0.181 e. The number of aromatic amines is 1. The Labute approximate surface area is 109 Å². The van der Waals surface area contributed by atoms with Crippen LogP contribution in [0.25, 0.3) is 22.9 Å². The highest BCUT2D eigenvalue weighted by Gasteiger charge is 2.08. The average molecular weight is 247 g/mol. The Balaban J connectivity index is 1.95. The number of hydrogen-bond acceptors (Lipinski definition) is 4. The molecule has 0 amide bonds. The van der Waals surface area contributed by atoms with Gasteiger partial charge in [-0.25, -0.2) is 4.98 Å². The van der Waals surface area contributed by atoms with Gasteiger partial charge in [0.1, 0.15) is 11.8 Å². The van der Waals surface area contributed by atoms with Crippen LogP contribution in [0.4, 0.5) is 0 Å². The van der Waals surface area contributed by atoms with Gasteiger partial charge in [-0.1, -0.05) is 30.3 Å². The van der Waals surface area contributed by atoms with Crippen molar-refractivity contribution in [3.8, 4) is 29.0 Å². The molecule has 1 aromatic carbocycles. The number of benzene rings is 1. The molecule has 0 aliphatic carbocycles. The van der Waals surface area contributed by atoms with Gasteiger partial charge in [-0.15, -0.1) is 0 Å². The van der Waals surface area contributed by atoms with Crippen LogP contribution in [0.5, 0.6) is 0 Å². The van der Waals surface area contributed by atoms with Crippen LogP contribution in [-0.2, 0) is 0 Å². The third-order valence-electron chi connectivity index (χ3n) is 2.65. The van der Waals surface area contributed by atoms with Gasteiger partial charge in [-0.05, 0) is 12.1 Å². The standard InChI is InChI=1S/C14H9N5/c15-8-10-6-7-12(16-9-10)14-17-13(18-19-14)11-4-2-1-3-5-11/h1-7,9H,(H,17,18,19). The first-order chi connectivity index (χ1) is 9.36. The van der Waals surface area contributed by atoms with Crippen molar-refractivity contribution in [3.05, 3.63) is 54.2 Å². The molecule has 0 aliphatic heterocycles. The molecule has 19 heavy (non-hydrogen) atoms. The zero-order valence-corrected chi connectivity index (χ0v) is 9.91. The Morgan fingerprint density at radius 2 is 1.89 bits per heavy atom. The van der Waals surface area contributed by atoms with Crippen LogP contribution in [0, 0.1) is 11.3 Å². The van der Waals surface area contributed by atoms with Crippen molar-refractivity contribution in [1.29, 1.82) is 5.26 Å². The fraction of sp³-hybridized carbons (Fsp3) is 0. The van der Waals surface area contributed by atoms with E-state index in [1.807, 2.05) is 36.4 Å². The van der Waals surface area contributed by atoms with E-state index in [-0.39, 0.29) is 0 Å². The molecule has 1 N–H and O–H groups in total. The third-order valence-corrected chi connectivity index (χ3v) is 2.65. The Morgan fingerprint density at radius 3 is 2.58 bits per heavy atom. The van der Waals surface area contributed by atoms with Gasteiger partial charge >= 0.3 is 0 Å². The molecule has 5 nitrogen and oxygen atoms in total. The summed E-state index contributed by atoms with van der Waals surface area (Å²) in [4.78, 5) is 8.56. The summed E-state index contributed by atoms with van der Waals surface area (Å²) in [6, 6.07) is 15.2. The fourth-order valence-corrected chi connectivity index (χ4v) is 1.69. The van der Waals surface area contributed by atoms with Gasteiger partial charge in [-0.2, -0.15) is 10.4 Å². The Bertz CT molecular complexity index is 723. The quantitative estimate of drug-likeness (QED) is 0.754. The van der Waals surface area contributed by atoms with E-state index in [9.17, 15) is 0 Å². The van der Waals surface area contributed by atoms with Crippen LogP contribution in [0.15, 0.2) is 48.7 Å². The van der Waals surface area contributed by atoms with Crippen molar-refractivity contribution in [3.63, 3.8) is 0 Å². The van der Waals surface area contributed by atoms with E-state index in [4.69, 9.17) is 5.26 Å². The Kier molecular flexibility index (Phi) is 2.75. The number of rotatable bonds is 2. The predicted octanol–water partition coefficient (Wildman–Crippen LogP) is 2.41. The van der Waals surface area contributed by atoms with E-state index in [0.29, 0.717) is 22.9 Å². The predicted molar refractivity (Wildman–Crippen MR) is 69.8 cm³/mol. The number of hydrogen-bond donors (Lipinski definition) is 1. The highest BCUT2D eigenvalue weighted by atomic mass is 15.2. The second-order valence-corrected chi connectivity index (χ2v) is 3.92. The monoisotopic (exact) mass is 247 g/mol. The molecule has 0 atom stereocenters. The summed E-state index contributed by atoms with van der Waals surface area (Å²) in [7, 11) is 0. The van der Waals surface area contributed by atoms with Crippen LogP contribution in [0.1, 0.15) is 5.56 Å². The van der Waals surface area contributed by atoms with Crippen LogP contribution >= 0.6 is 0 Å². The van der Waals surface area contributed by atoms with Crippen molar-refractivity contribution in [2.24, 2.45) is 0 Å². The molecule has 0 fully saturated rings. The molecule has 0 saturated carbocycles. The second-order valence-electron chi connectivity index (χ2n) is 3.92. The zero-order valence-electron chi connectivity index (χ0n) is 9.91. The molecule has 3 aromatic rings. The summed E-state index contributed by atoms with van der Waals surface area (Å²) in [5.74, 6) is 1.21.